The van der Waals surface area contributed by atoms with E-state index >= 15 is 0 Å². The summed E-state index contributed by atoms with van der Waals surface area (Å²) in [4.78, 5) is 59.6. The number of carbonyl (C=O) groups is 4. The van der Waals surface area contributed by atoms with Crippen LogP contribution in [0.4, 0.5) is 46.0 Å². The van der Waals surface area contributed by atoms with Gasteiger partial charge in [-0.25, -0.2) is 4.79 Å². The fourth-order valence-electron chi connectivity index (χ4n) is 5.21. The SMILES string of the molecule is Nc1c(S(=O)(=O)O)cc(Nc2ccc(Nc3nc(Cl)nc(Nc4ccc(NC(=O)C(=O)O)cc4)n3)cc2S(=O)(=O)O)c2c1C(=O)c1ccccc1C2=O. The number of amides is 1. The Kier molecular flexibility index (Phi) is 9.28. The molecule has 53 heavy (non-hydrogen) atoms. The van der Waals surface area contributed by atoms with Crippen LogP contribution in [0.5, 0.6) is 0 Å². The lowest BCUT2D eigenvalue weighted by molar-refractivity contribution is -0.147. The first kappa shape index (κ1) is 36.3. The quantitative estimate of drug-likeness (QED) is 0.0590. The van der Waals surface area contributed by atoms with Crippen molar-refractivity contribution in [1.29, 1.82) is 0 Å². The van der Waals surface area contributed by atoms with E-state index in [0.717, 1.165) is 18.2 Å². The van der Waals surface area contributed by atoms with E-state index < -0.39 is 81.7 Å². The first-order chi connectivity index (χ1) is 24.9. The highest BCUT2D eigenvalue weighted by molar-refractivity contribution is 7.86. The van der Waals surface area contributed by atoms with Gasteiger partial charge in [-0.2, -0.15) is 31.8 Å². The molecule has 0 radical (unpaired) electrons. The number of fused-ring (bicyclic) bond motifs is 2. The minimum atomic E-state index is -5.09. The molecule has 1 aromatic heterocycles. The molecule has 0 bridgehead atoms. The first-order valence-corrected chi connectivity index (χ1v) is 17.8. The van der Waals surface area contributed by atoms with Gasteiger partial charge in [0, 0.05) is 28.2 Å². The van der Waals surface area contributed by atoms with E-state index in [4.69, 9.17) is 22.4 Å². The van der Waals surface area contributed by atoms with Crippen molar-refractivity contribution in [2.45, 2.75) is 9.79 Å². The molecule has 1 aliphatic rings. The number of halogens is 1. The van der Waals surface area contributed by atoms with Gasteiger partial charge < -0.3 is 32.1 Å². The van der Waals surface area contributed by atoms with E-state index in [2.05, 4.69) is 36.2 Å². The molecule has 5 aromatic rings. The number of rotatable bonds is 9. The summed E-state index contributed by atoms with van der Waals surface area (Å²) in [6.07, 6.45) is 0. The average molecular weight is 781 g/mol. The largest absolute Gasteiger partial charge is 0.474 e. The second-order valence-corrected chi connectivity index (χ2v) is 14.0. The fraction of sp³-hybridized carbons (Fsp3) is 0. The van der Waals surface area contributed by atoms with Crippen LogP contribution in [-0.2, 0) is 29.8 Å². The number of ketones is 2. The third-order valence-electron chi connectivity index (χ3n) is 7.46. The Hall–Kier alpha value is -6.52. The molecule has 22 heteroatoms. The van der Waals surface area contributed by atoms with Crippen molar-refractivity contribution in [2.24, 2.45) is 0 Å². The smallest absolute Gasteiger partial charge is 0.394 e. The van der Waals surface area contributed by atoms with Crippen LogP contribution in [0, 0.1) is 0 Å². The number of aliphatic carboxylic acids is 1. The molecule has 0 saturated heterocycles. The van der Waals surface area contributed by atoms with Crippen molar-refractivity contribution in [2.75, 3.05) is 27.0 Å². The molecule has 0 unspecified atom stereocenters. The molecule has 1 amide bonds. The van der Waals surface area contributed by atoms with E-state index in [1.807, 2.05) is 0 Å². The number of nitrogens with two attached hydrogens (primary N) is 1. The summed E-state index contributed by atoms with van der Waals surface area (Å²) in [5.41, 5.74) is 3.90. The van der Waals surface area contributed by atoms with Crippen LogP contribution in [0.1, 0.15) is 31.8 Å². The van der Waals surface area contributed by atoms with Crippen molar-refractivity contribution >= 4 is 101 Å². The Morgan fingerprint density at radius 3 is 1.75 bits per heavy atom. The highest BCUT2D eigenvalue weighted by atomic mass is 35.5. The zero-order valence-corrected chi connectivity index (χ0v) is 28.5. The lowest BCUT2D eigenvalue weighted by atomic mass is 9.82. The van der Waals surface area contributed by atoms with Crippen molar-refractivity contribution in [3.05, 3.63) is 100 Å². The van der Waals surface area contributed by atoms with Gasteiger partial charge in [-0.05, 0) is 60.1 Å². The Morgan fingerprint density at radius 1 is 0.660 bits per heavy atom. The van der Waals surface area contributed by atoms with Gasteiger partial charge in [0.2, 0.25) is 17.2 Å². The average Bonchev–Trinajstić information content (AvgIpc) is 3.08. The fourth-order valence-corrected chi connectivity index (χ4v) is 6.69. The molecule has 0 saturated carbocycles. The molecule has 0 spiro atoms. The number of carboxylic acid groups (broad SMARTS) is 1. The zero-order valence-electron chi connectivity index (χ0n) is 26.1. The predicted molar refractivity (Wildman–Crippen MR) is 188 cm³/mol. The van der Waals surface area contributed by atoms with Gasteiger partial charge in [0.15, 0.2) is 11.6 Å². The molecule has 0 atom stereocenters. The minimum Gasteiger partial charge on any atom is -0.474 e. The summed E-state index contributed by atoms with van der Waals surface area (Å²) < 4.78 is 69.9. The van der Waals surface area contributed by atoms with Crippen LogP contribution in [0.2, 0.25) is 5.28 Å². The predicted octanol–water partition coefficient (Wildman–Crippen LogP) is 3.63. The summed E-state index contributed by atoms with van der Waals surface area (Å²) in [7, 11) is -10.2. The van der Waals surface area contributed by atoms with E-state index in [1.54, 1.807) is 0 Å². The van der Waals surface area contributed by atoms with Crippen LogP contribution in [0.15, 0.2) is 82.6 Å². The normalized spacial score (nSPS) is 12.4. The van der Waals surface area contributed by atoms with Crippen LogP contribution < -0.4 is 27.0 Å². The van der Waals surface area contributed by atoms with Crippen LogP contribution in [0.3, 0.4) is 0 Å². The van der Waals surface area contributed by atoms with E-state index in [1.165, 1.54) is 54.6 Å². The molecule has 270 valence electrons. The Bertz CT molecular complexity index is 2640. The van der Waals surface area contributed by atoms with Crippen molar-refractivity contribution in [1.82, 2.24) is 15.0 Å². The van der Waals surface area contributed by atoms with Gasteiger partial charge in [0.25, 0.3) is 20.2 Å². The highest BCUT2D eigenvalue weighted by Crippen LogP contribution is 2.41. The second-order valence-electron chi connectivity index (χ2n) is 10.9. The molecule has 6 rings (SSSR count). The zero-order chi connectivity index (χ0) is 38.4. The third-order valence-corrected chi connectivity index (χ3v) is 9.42. The molecule has 1 aliphatic carbocycles. The minimum absolute atomic E-state index is 0.0342. The summed E-state index contributed by atoms with van der Waals surface area (Å²) >= 11 is 6.07. The molecule has 19 nitrogen and oxygen atoms in total. The van der Waals surface area contributed by atoms with E-state index in [0.29, 0.717) is 5.69 Å². The second kappa shape index (κ2) is 13.6. The number of hydrogen-bond donors (Lipinski definition) is 8. The van der Waals surface area contributed by atoms with Crippen molar-refractivity contribution in [3.8, 4) is 0 Å². The number of nitrogen functional groups attached to an aromatic ring is 1. The summed E-state index contributed by atoms with van der Waals surface area (Å²) in [5.74, 6) is -4.83. The van der Waals surface area contributed by atoms with Gasteiger partial charge in [0.1, 0.15) is 9.79 Å². The van der Waals surface area contributed by atoms with E-state index in [-0.39, 0.29) is 39.7 Å². The van der Waals surface area contributed by atoms with Gasteiger partial charge >= 0.3 is 11.9 Å². The lowest BCUT2D eigenvalue weighted by Gasteiger charge is -2.24. The topological polar surface area (TPSA) is 310 Å². The number of benzene rings is 4. The molecular formula is C31H21ClN8O11S2. The number of nitrogens with zero attached hydrogens (tertiary/aromatic N) is 3. The molecular weight excluding hydrogens is 760 g/mol. The Balaban J connectivity index is 1.33. The molecule has 0 fully saturated rings. The standard InChI is InChI=1S/C31H21ClN8O11S2/c32-29-38-30(35-14-7-5-13(6-8-14)34-27(43)28(44)45)40-31(39-29)36-15-9-10-18(20(11-15)52(46,47)48)37-19-12-21(53(49,50)51)24(33)23-22(19)25(41)16-3-1-2-4-17(16)26(23)42/h1-12,37H,33H2,(H,34,43)(H,44,45)(H,46,47,48)(H,49,50,51)(H2,35,36,38,39,40). The number of carbonyl (C=O) groups excluding carboxylic acids is 3. The Labute approximate surface area is 302 Å². The summed E-state index contributed by atoms with van der Waals surface area (Å²) in [5, 5.41) is 18.7. The maximum absolute atomic E-state index is 13.7. The van der Waals surface area contributed by atoms with Crippen LogP contribution >= 0.6 is 11.6 Å². The highest BCUT2D eigenvalue weighted by Gasteiger charge is 2.37. The molecule has 9 N–H and O–H groups in total. The van der Waals surface area contributed by atoms with Crippen LogP contribution in [0.25, 0.3) is 0 Å². The lowest BCUT2D eigenvalue weighted by Crippen LogP contribution is -2.25. The van der Waals surface area contributed by atoms with Gasteiger partial charge in [-0.15, -0.1) is 0 Å². The third kappa shape index (κ3) is 7.44. The van der Waals surface area contributed by atoms with E-state index in [9.17, 15) is 45.1 Å². The van der Waals surface area contributed by atoms with Crippen molar-refractivity contribution in [3.63, 3.8) is 0 Å². The van der Waals surface area contributed by atoms with Gasteiger partial charge in [-0.3, -0.25) is 23.5 Å². The first-order valence-electron chi connectivity index (χ1n) is 14.5. The number of anilines is 8. The van der Waals surface area contributed by atoms with Gasteiger partial charge in [0.05, 0.1) is 28.2 Å². The van der Waals surface area contributed by atoms with Crippen molar-refractivity contribution < 1.29 is 50.2 Å². The Morgan fingerprint density at radius 2 is 1.19 bits per heavy atom. The maximum atomic E-state index is 13.7. The molecule has 1 heterocycles. The van der Waals surface area contributed by atoms with Crippen LogP contribution in [-0.4, -0.2) is 69.4 Å². The maximum Gasteiger partial charge on any atom is 0.394 e. The summed E-state index contributed by atoms with van der Waals surface area (Å²) in [6, 6.07) is 15.5. The monoisotopic (exact) mass is 780 g/mol. The number of nitrogens with one attached hydrogen (secondary N) is 4. The number of hydrogen-bond acceptors (Lipinski definition) is 15. The number of carboxylic acids is 1. The molecule has 4 aromatic carbocycles. The molecule has 0 aliphatic heterocycles. The van der Waals surface area contributed by atoms with Gasteiger partial charge in [-0.1, -0.05) is 24.3 Å². The summed E-state index contributed by atoms with van der Waals surface area (Å²) in [6.45, 7) is 0. The number of aromatic nitrogens is 3.